The van der Waals surface area contributed by atoms with E-state index in [-0.39, 0.29) is 6.79 Å². The van der Waals surface area contributed by atoms with Crippen LogP contribution in [-0.4, -0.2) is 35.9 Å². The zero-order valence-electron chi connectivity index (χ0n) is 15.1. The summed E-state index contributed by atoms with van der Waals surface area (Å²) in [4.78, 5) is 0. The molecule has 0 aliphatic carbocycles. The van der Waals surface area contributed by atoms with E-state index in [0.717, 1.165) is 33.5 Å². The summed E-state index contributed by atoms with van der Waals surface area (Å²) in [6, 6.07) is 11.5. The molecular formula is C19H16N4O4S. The Morgan fingerprint density at radius 3 is 2.64 bits per heavy atom. The number of nitrogens with zero attached hydrogens (tertiary/aromatic N) is 3. The van der Waals surface area contributed by atoms with Crippen molar-refractivity contribution in [3.05, 3.63) is 47.4 Å². The van der Waals surface area contributed by atoms with Crippen molar-refractivity contribution in [2.24, 2.45) is 0 Å². The molecule has 2 aromatic carbocycles. The maximum absolute atomic E-state index is 5.48. The van der Waals surface area contributed by atoms with Gasteiger partial charge in [0.2, 0.25) is 11.9 Å². The van der Waals surface area contributed by atoms with Gasteiger partial charge >= 0.3 is 0 Å². The Morgan fingerprint density at radius 2 is 1.79 bits per heavy atom. The smallest absolute Gasteiger partial charge is 0.231 e. The molecule has 0 atom stereocenters. The molecule has 0 unspecified atom stereocenters. The minimum Gasteiger partial charge on any atom is -0.493 e. The average Bonchev–Trinajstić information content (AvgIpc) is 3.38. The number of hydrogen-bond donors (Lipinski definition) is 1. The van der Waals surface area contributed by atoms with E-state index < -0.39 is 0 Å². The molecule has 1 N–H and O–H groups in total. The standard InChI is InChI=1S/C19H16N4O4S/c1-24-14-5-4-12(8-16(14)25-2)18-20-21-19-23(18)22-13(9-28-19)11-3-6-15-17(7-11)27-10-26-15/h3-9,22H,10H2,1-2H3. The van der Waals surface area contributed by atoms with Gasteiger partial charge in [-0.25, -0.2) is 4.68 Å². The van der Waals surface area contributed by atoms with Gasteiger partial charge in [0.1, 0.15) is 0 Å². The second kappa shape index (κ2) is 6.68. The molecule has 0 saturated carbocycles. The molecule has 3 heterocycles. The Labute approximate surface area is 165 Å². The number of methoxy groups -OCH3 is 2. The second-order valence-corrected chi connectivity index (χ2v) is 6.88. The Kier molecular flexibility index (Phi) is 4.01. The summed E-state index contributed by atoms with van der Waals surface area (Å²) in [6.45, 7) is 0.249. The molecule has 0 radical (unpaired) electrons. The van der Waals surface area contributed by atoms with E-state index in [2.05, 4.69) is 15.6 Å². The van der Waals surface area contributed by atoms with Crippen LogP contribution in [0.3, 0.4) is 0 Å². The minimum absolute atomic E-state index is 0.249. The third-order valence-electron chi connectivity index (χ3n) is 4.47. The van der Waals surface area contributed by atoms with Gasteiger partial charge in [0.15, 0.2) is 28.8 Å². The summed E-state index contributed by atoms with van der Waals surface area (Å²) in [6.07, 6.45) is 0. The third kappa shape index (κ3) is 2.71. The summed E-state index contributed by atoms with van der Waals surface area (Å²) >= 11 is 1.49. The minimum atomic E-state index is 0.249. The Balaban J connectivity index is 1.49. The zero-order valence-corrected chi connectivity index (χ0v) is 15.9. The predicted molar refractivity (Wildman–Crippen MR) is 104 cm³/mol. The molecule has 9 heteroatoms. The summed E-state index contributed by atoms with van der Waals surface area (Å²) < 4.78 is 23.4. The summed E-state index contributed by atoms with van der Waals surface area (Å²) in [7, 11) is 3.21. The zero-order chi connectivity index (χ0) is 19.1. The van der Waals surface area contributed by atoms with E-state index in [1.807, 2.05) is 46.5 Å². The highest BCUT2D eigenvalue weighted by molar-refractivity contribution is 8.02. The van der Waals surface area contributed by atoms with Gasteiger partial charge in [-0.3, -0.25) is 5.43 Å². The SMILES string of the molecule is COc1ccc(-c2nnc3n2NC(c2ccc4c(c2)OCO4)=CS3)cc1OC. The van der Waals surface area contributed by atoms with E-state index in [1.54, 1.807) is 14.2 Å². The predicted octanol–water partition coefficient (Wildman–Crippen LogP) is 3.34. The highest BCUT2D eigenvalue weighted by Gasteiger charge is 2.22. The maximum atomic E-state index is 5.48. The van der Waals surface area contributed by atoms with Crippen molar-refractivity contribution in [3.63, 3.8) is 0 Å². The van der Waals surface area contributed by atoms with Crippen LogP contribution in [-0.2, 0) is 0 Å². The monoisotopic (exact) mass is 396 g/mol. The van der Waals surface area contributed by atoms with E-state index in [1.165, 1.54) is 11.8 Å². The Morgan fingerprint density at radius 1 is 0.964 bits per heavy atom. The molecule has 0 fully saturated rings. The molecule has 0 amide bonds. The van der Waals surface area contributed by atoms with Gasteiger partial charge in [-0.05, 0) is 36.4 Å². The van der Waals surface area contributed by atoms with Crippen molar-refractivity contribution in [1.29, 1.82) is 0 Å². The van der Waals surface area contributed by atoms with Crippen LogP contribution < -0.4 is 24.4 Å². The summed E-state index contributed by atoms with van der Waals surface area (Å²) in [5, 5.41) is 11.4. The lowest BCUT2D eigenvalue weighted by Gasteiger charge is -2.19. The maximum Gasteiger partial charge on any atom is 0.231 e. The molecule has 5 rings (SSSR count). The van der Waals surface area contributed by atoms with E-state index in [4.69, 9.17) is 18.9 Å². The van der Waals surface area contributed by atoms with Crippen LogP contribution in [0.4, 0.5) is 0 Å². The largest absolute Gasteiger partial charge is 0.493 e. The molecule has 0 bridgehead atoms. The first kappa shape index (κ1) is 16.8. The van der Waals surface area contributed by atoms with Crippen LogP contribution in [0.2, 0.25) is 0 Å². The number of thioether (sulfide) groups is 1. The van der Waals surface area contributed by atoms with Gasteiger partial charge in [0.25, 0.3) is 0 Å². The number of hydrogen-bond acceptors (Lipinski definition) is 8. The molecule has 0 spiro atoms. The highest BCUT2D eigenvalue weighted by Crippen LogP contribution is 2.38. The molecule has 28 heavy (non-hydrogen) atoms. The number of rotatable bonds is 4. The van der Waals surface area contributed by atoms with E-state index >= 15 is 0 Å². The van der Waals surface area contributed by atoms with Crippen molar-refractivity contribution in [2.45, 2.75) is 5.16 Å². The van der Waals surface area contributed by atoms with Crippen LogP contribution in [0.15, 0.2) is 47.0 Å². The van der Waals surface area contributed by atoms with Crippen LogP contribution in [0.1, 0.15) is 5.56 Å². The van der Waals surface area contributed by atoms with E-state index in [0.29, 0.717) is 17.3 Å². The third-order valence-corrected chi connectivity index (χ3v) is 5.30. The van der Waals surface area contributed by atoms with Crippen LogP contribution >= 0.6 is 11.8 Å². The molecule has 8 nitrogen and oxygen atoms in total. The highest BCUT2D eigenvalue weighted by atomic mass is 32.2. The fourth-order valence-electron chi connectivity index (χ4n) is 3.06. The molecule has 0 saturated heterocycles. The molecule has 142 valence electrons. The van der Waals surface area contributed by atoms with Gasteiger partial charge in [-0.15, -0.1) is 10.2 Å². The topological polar surface area (TPSA) is 79.7 Å². The fraction of sp³-hybridized carbons (Fsp3) is 0.158. The average molecular weight is 396 g/mol. The number of fused-ring (bicyclic) bond motifs is 2. The number of aromatic nitrogens is 3. The van der Waals surface area contributed by atoms with Gasteiger partial charge < -0.3 is 18.9 Å². The quantitative estimate of drug-likeness (QED) is 0.719. The Bertz CT molecular complexity index is 1100. The first-order valence-corrected chi connectivity index (χ1v) is 9.36. The van der Waals surface area contributed by atoms with Crippen LogP contribution in [0.25, 0.3) is 17.1 Å². The number of benzene rings is 2. The molecule has 2 aliphatic heterocycles. The number of ether oxygens (including phenoxy) is 4. The lowest BCUT2D eigenvalue weighted by atomic mass is 10.1. The van der Waals surface area contributed by atoms with Crippen LogP contribution in [0, 0.1) is 0 Å². The van der Waals surface area contributed by atoms with Crippen molar-refractivity contribution >= 4 is 17.5 Å². The summed E-state index contributed by atoms with van der Waals surface area (Å²) in [5.74, 6) is 3.46. The van der Waals surface area contributed by atoms with Crippen molar-refractivity contribution in [2.75, 3.05) is 26.4 Å². The molecule has 2 aliphatic rings. The van der Waals surface area contributed by atoms with E-state index in [9.17, 15) is 0 Å². The normalized spacial score (nSPS) is 14.1. The molecular weight excluding hydrogens is 380 g/mol. The van der Waals surface area contributed by atoms with Gasteiger partial charge in [-0.1, -0.05) is 11.8 Å². The molecule has 1 aromatic heterocycles. The first-order valence-electron chi connectivity index (χ1n) is 8.48. The van der Waals surface area contributed by atoms with Crippen LogP contribution in [0.5, 0.6) is 23.0 Å². The van der Waals surface area contributed by atoms with Gasteiger partial charge in [-0.2, -0.15) is 0 Å². The van der Waals surface area contributed by atoms with Gasteiger partial charge in [0.05, 0.1) is 19.9 Å². The molecule has 3 aromatic rings. The Hall–Kier alpha value is -3.33. The van der Waals surface area contributed by atoms with Crippen molar-refractivity contribution < 1.29 is 18.9 Å². The van der Waals surface area contributed by atoms with Crippen molar-refractivity contribution in [1.82, 2.24) is 14.9 Å². The summed E-state index contributed by atoms with van der Waals surface area (Å²) in [5.41, 5.74) is 6.13. The van der Waals surface area contributed by atoms with Crippen molar-refractivity contribution in [3.8, 4) is 34.4 Å². The fourth-order valence-corrected chi connectivity index (χ4v) is 3.80. The number of nitrogens with one attached hydrogen (secondary N) is 1. The lowest BCUT2D eigenvalue weighted by Crippen LogP contribution is -2.18. The van der Waals surface area contributed by atoms with Gasteiger partial charge in [0, 0.05) is 16.5 Å². The first-order chi connectivity index (χ1) is 13.8. The second-order valence-electron chi connectivity index (χ2n) is 6.04. The lowest BCUT2D eigenvalue weighted by molar-refractivity contribution is 0.174.